The van der Waals surface area contributed by atoms with Crippen LogP contribution in [0, 0.1) is 11.8 Å². The van der Waals surface area contributed by atoms with Gasteiger partial charge in [-0.2, -0.15) is 0 Å². The third kappa shape index (κ3) is 2.17. The zero-order chi connectivity index (χ0) is 7.56. The molecule has 1 atom stereocenters. The maximum absolute atomic E-state index is 2.37. The van der Waals surface area contributed by atoms with Gasteiger partial charge in [-0.1, -0.05) is 25.8 Å². The highest BCUT2D eigenvalue weighted by molar-refractivity contribution is 7.97. The molecule has 1 heterocycles. The van der Waals surface area contributed by atoms with E-state index in [1.807, 2.05) is 11.9 Å². The lowest BCUT2D eigenvalue weighted by Gasteiger charge is -2.31. The van der Waals surface area contributed by atoms with Crippen molar-refractivity contribution in [3.05, 3.63) is 0 Å². The van der Waals surface area contributed by atoms with Crippen LogP contribution in [0.1, 0.15) is 20.3 Å². The van der Waals surface area contributed by atoms with Crippen molar-refractivity contribution in [1.29, 1.82) is 0 Å². The molecule has 1 saturated heterocycles. The van der Waals surface area contributed by atoms with Crippen molar-refractivity contribution in [2.24, 2.45) is 11.8 Å². The quantitative estimate of drug-likeness (QED) is 0.540. The number of nitrogens with zero attached hydrogens (tertiary/aromatic N) is 1. The molecule has 10 heavy (non-hydrogen) atoms. The van der Waals surface area contributed by atoms with E-state index >= 15 is 0 Å². The largest absolute Gasteiger partial charge is 0.253 e. The van der Waals surface area contributed by atoms with Crippen LogP contribution in [0.5, 0.6) is 0 Å². The Balaban J connectivity index is 2.32. The summed E-state index contributed by atoms with van der Waals surface area (Å²) in [4.78, 5) is 0. The number of rotatable bonds is 1. The van der Waals surface area contributed by atoms with Crippen molar-refractivity contribution in [3.8, 4) is 0 Å². The van der Waals surface area contributed by atoms with Gasteiger partial charge in [-0.15, -0.1) is 0 Å². The molecule has 0 N–H and O–H groups in total. The summed E-state index contributed by atoms with van der Waals surface area (Å²) >= 11 is 1.97. The topological polar surface area (TPSA) is 3.24 Å². The van der Waals surface area contributed by atoms with Crippen LogP contribution in [0.15, 0.2) is 0 Å². The molecule has 1 rings (SSSR count). The van der Waals surface area contributed by atoms with E-state index in [0.29, 0.717) is 0 Å². The number of hydrogen-bond acceptors (Lipinski definition) is 2. The highest BCUT2D eigenvalue weighted by atomic mass is 32.2. The second kappa shape index (κ2) is 3.63. The first-order chi connectivity index (χ1) is 4.70. The van der Waals surface area contributed by atoms with E-state index in [4.69, 9.17) is 0 Å². The average Bonchev–Trinajstić information content (AvgIpc) is 1.88. The van der Waals surface area contributed by atoms with Crippen LogP contribution >= 0.6 is 11.9 Å². The molecular weight excluding hydrogens is 142 g/mol. The van der Waals surface area contributed by atoms with E-state index in [1.54, 1.807) is 0 Å². The van der Waals surface area contributed by atoms with Crippen LogP contribution < -0.4 is 0 Å². The first-order valence-corrected chi connectivity index (χ1v) is 4.98. The highest BCUT2D eigenvalue weighted by Gasteiger charge is 2.19. The van der Waals surface area contributed by atoms with E-state index in [2.05, 4.69) is 25.2 Å². The van der Waals surface area contributed by atoms with Crippen LogP contribution in [0.3, 0.4) is 0 Å². The van der Waals surface area contributed by atoms with E-state index in [1.165, 1.54) is 18.7 Å². The zero-order valence-electron chi connectivity index (χ0n) is 7.13. The van der Waals surface area contributed by atoms with Crippen LogP contribution in [0.25, 0.3) is 0 Å². The summed E-state index contributed by atoms with van der Waals surface area (Å²) in [5.41, 5.74) is 0. The molecule has 1 fully saturated rings. The molecule has 60 valence electrons. The average molecular weight is 159 g/mol. The number of hydrogen-bond donors (Lipinski definition) is 0. The molecule has 0 spiro atoms. The van der Waals surface area contributed by atoms with Crippen LogP contribution in [0.4, 0.5) is 0 Å². The summed E-state index contributed by atoms with van der Waals surface area (Å²) in [6, 6.07) is 0. The Hall–Kier alpha value is 0.310. The van der Waals surface area contributed by atoms with Crippen molar-refractivity contribution in [3.63, 3.8) is 0 Å². The molecule has 0 aromatic rings. The van der Waals surface area contributed by atoms with Gasteiger partial charge in [0.1, 0.15) is 0 Å². The lowest BCUT2D eigenvalue weighted by Crippen LogP contribution is -2.29. The first-order valence-electron chi connectivity index (χ1n) is 4.04. The predicted molar refractivity (Wildman–Crippen MR) is 48.0 cm³/mol. The molecule has 1 aliphatic rings. The minimum Gasteiger partial charge on any atom is -0.253 e. The smallest absolute Gasteiger partial charge is 0.0117 e. The Morgan fingerprint density at radius 1 is 1.50 bits per heavy atom. The maximum atomic E-state index is 2.37. The Morgan fingerprint density at radius 3 is 2.60 bits per heavy atom. The third-order valence-corrected chi connectivity index (χ3v) is 3.24. The Kier molecular flexibility index (Phi) is 3.05. The second-order valence-electron chi connectivity index (χ2n) is 3.44. The molecular formula is C8H17NS. The summed E-state index contributed by atoms with van der Waals surface area (Å²) in [7, 11) is 2.19. The van der Waals surface area contributed by atoms with Crippen molar-refractivity contribution >= 4 is 11.9 Å². The molecule has 1 unspecified atom stereocenters. The van der Waals surface area contributed by atoms with Crippen molar-refractivity contribution < 1.29 is 0 Å². The monoisotopic (exact) mass is 159 g/mol. The van der Waals surface area contributed by atoms with Gasteiger partial charge in [-0.25, -0.2) is 0 Å². The molecule has 0 amide bonds. The molecule has 0 saturated carbocycles. The second-order valence-corrected chi connectivity index (χ2v) is 4.73. The van der Waals surface area contributed by atoms with Gasteiger partial charge < -0.3 is 0 Å². The highest BCUT2D eigenvalue weighted by Crippen LogP contribution is 2.26. The van der Waals surface area contributed by atoms with Gasteiger partial charge in [-0.3, -0.25) is 4.31 Å². The molecule has 2 heteroatoms. The minimum atomic E-state index is 0.864. The van der Waals surface area contributed by atoms with E-state index in [9.17, 15) is 0 Å². The fraction of sp³-hybridized carbons (Fsp3) is 1.00. The summed E-state index contributed by atoms with van der Waals surface area (Å²) in [5.74, 6) is 3.12. The normalized spacial score (nSPS) is 29.4. The van der Waals surface area contributed by atoms with E-state index < -0.39 is 0 Å². The van der Waals surface area contributed by atoms with Gasteiger partial charge in [0, 0.05) is 12.3 Å². The molecule has 0 aromatic heterocycles. The first kappa shape index (κ1) is 8.41. The van der Waals surface area contributed by atoms with Gasteiger partial charge in [0.2, 0.25) is 0 Å². The summed E-state index contributed by atoms with van der Waals surface area (Å²) in [6.07, 6.45) is 1.41. The summed E-state index contributed by atoms with van der Waals surface area (Å²) in [5, 5.41) is 0. The molecule has 0 aromatic carbocycles. The summed E-state index contributed by atoms with van der Waals surface area (Å²) in [6.45, 7) is 5.94. The zero-order valence-corrected chi connectivity index (χ0v) is 7.95. The molecule has 0 aliphatic carbocycles. The van der Waals surface area contributed by atoms with Crippen LogP contribution in [0.2, 0.25) is 0 Å². The van der Waals surface area contributed by atoms with Gasteiger partial charge in [-0.05, 0) is 25.3 Å². The molecule has 0 radical (unpaired) electrons. The Labute approximate surface area is 68.3 Å². The lowest BCUT2D eigenvalue weighted by atomic mass is 9.93. The predicted octanol–water partition coefficient (Wildman–Crippen LogP) is 2.24. The van der Waals surface area contributed by atoms with Gasteiger partial charge in [0.25, 0.3) is 0 Å². The Bertz CT molecular complexity index is 103. The van der Waals surface area contributed by atoms with Gasteiger partial charge in [0.05, 0.1) is 0 Å². The van der Waals surface area contributed by atoms with Crippen molar-refractivity contribution in [2.45, 2.75) is 20.3 Å². The summed E-state index contributed by atoms with van der Waals surface area (Å²) < 4.78 is 2.37. The van der Waals surface area contributed by atoms with Crippen LogP contribution in [-0.2, 0) is 0 Å². The fourth-order valence-corrected chi connectivity index (χ4v) is 2.40. The standard InChI is InChI=1S/C8H17NS/c1-7(2)8-4-5-10-9(3)6-8/h7-8H,4-6H2,1-3H3. The molecule has 0 bridgehead atoms. The van der Waals surface area contributed by atoms with Crippen molar-refractivity contribution in [1.82, 2.24) is 4.31 Å². The van der Waals surface area contributed by atoms with E-state index in [0.717, 1.165) is 11.8 Å². The third-order valence-electron chi connectivity index (χ3n) is 2.23. The van der Waals surface area contributed by atoms with Crippen LogP contribution in [-0.4, -0.2) is 23.7 Å². The van der Waals surface area contributed by atoms with Gasteiger partial charge >= 0.3 is 0 Å². The van der Waals surface area contributed by atoms with Gasteiger partial charge in [0.15, 0.2) is 0 Å². The fourth-order valence-electron chi connectivity index (χ4n) is 1.38. The van der Waals surface area contributed by atoms with E-state index in [-0.39, 0.29) is 0 Å². The molecule has 1 nitrogen and oxygen atoms in total. The van der Waals surface area contributed by atoms with Crippen molar-refractivity contribution in [2.75, 3.05) is 19.3 Å². The minimum absolute atomic E-state index is 0.864. The molecule has 1 aliphatic heterocycles. The lowest BCUT2D eigenvalue weighted by molar-refractivity contribution is 0.303. The Morgan fingerprint density at radius 2 is 2.20 bits per heavy atom. The SMILES string of the molecule is CC(C)C1CCSN(C)C1. The maximum Gasteiger partial charge on any atom is 0.0117 e.